The maximum Gasteiger partial charge on any atom is 0.307 e. The molecule has 0 radical (unpaired) electrons. The number of carbonyl (C=O) groups excluding carboxylic acids is 1. The van der Waals surface area contributed by atoms with Crippen molar-refractivity contribution in [2.45, 2.75) is 19.9 Å². The fraction of sp³-hybridized carbons (Fsp3) is 0.778. The standard InChI is InChI=1S/C9H16N2O3/c1-6(9(13)14)7(2)11-4-3-10-8(12)5-11/h6-7H,3-5H2,1-2H3,(H,10,12)(H,13,14). The molecule has 0 aromatic carbocycles. The van der Waals surface area contributed by atoms with Crippen LogP contribution in [0.3, 0.4) is 0 Å². The number of hydrogen-bond acceptors (Lipinski definition) is 3. The first kappa shape index (κ1) is 11.0. The number of amides is 1. The number of aliphatic carboxylic acids is 1. The van der Waals surface area contributed by atoms with Gasteiger partial charge < -0.3 is 10.4 Å². The molecule has 80 valence electrons. The summed E-state index contributed by atoms with van der Waals surface area (Å²) in [5.41, 5.74) is 0. The maximum absolute atomic E-state index is 11.1. The lowest BCUT2D eigenvalue weighted by Crippen LogP contribution is -2.53. The highest BCUT2D eigenvalue weighted by Gasteiger charge is 2.28. The van der Waals surface area contributed by atoms with Gasteiger partial charge in [0.2, 0.25) is 5.91 Å². The van der Waals surface area contributed by atoms with Crippen molar-refractivity contribution in [2.24, 2.45) is 5.92 Å². The van der Waals surface area contributed by atoms with Crippen LogP contribution in [0.15, 0.2) is 0 Å². The topological polar surface area (TPSA) is 69.6 Å². The SMILES string of the molecule is CC(C(=O)O)C(C)N1CCNC(=O)C1. The molecule has 5 heteroatoms. The van der Waals surface area contributed by atoms with Crippen LogP contribution < -0.4 is 5.32 Å². The molecule has 1 saturated heterocycles. The highest BCUT2D eigenvalue weighted by Crippen LogP contribution is 2.11. The summed E-state index contributed by atoms with van der Waals surface area (Å²) in [7, 11) is 0. The van der Waals surface area contributed by atoms with Gasteiger partial charge in [0.05, 0.1) is 12.5 Å². The first-order chi connectivity index (χ1) is 6.52. The zero-order chi connectivity index (χ0) is 10.7. The first-order valence-corrected chi connectivity index (χ1v) is 4.76. The third kappa shape index (κ3) is 2.45. The molecule has 1 aliphatic heterocycles. The van der Waals surface area contributed by atoms with E-state index in [0.717, 1.165) is 6.54 Å². The maximum atomic E-state index is 11.1. The van der Waals surface area contributed by atoms with Gasteiger partial charge in [-0.05, 0) is 6.92 Å². The van der Waals surface area contributed by atoms with E-state index in [1.165, 1.54) is 0 Å². The van der Waals surface area contributed by atoms with Gasteiger partial charge in [-0.2, -0.15) is 0 Å². The Labute approximate surface area is 83.1 Å². The molecule has 1 fully saturated rings. The Hall–Kier alpha value is -1.10. The van der Waals surface area contributed by atoms with Crippen LogP contribution in [-0.2, 0) is 9.59 Å². The predicted octanol–water partition coefficient (Wildman–Crippen LogP) is -0.473. The van der Waals surface area contributed by atoms with Crippen molar-refractivity contribution in [1.82, 2.24) is 10.2 Å². The van der Waals surface area contributed by atoms with Crippen molar-refractivity contribution in [2.75, 3.05) is 19.6 Å². The van der Waals surface area contributed by atoms with E-state index in [9.17, 15) is 9.59 Å². The Morgan fingerprint density at radius 3 is 2.71 bits per heavy atom. The van der Waals surface area contributed by atoms with Gasteiger partial charge in [-0.15, -0.1) is 0 Å². The summed E-state index contributed by atoms with van der Waals surface area (Å²) in [6.45, 7) is 5.15. The molecule has 0 aromatic rings. The van der Waals surface area contributed by atoms with Crippen molar-refractivity contribution < 1.29 is 14.7 Å². The van der Waals surface area contributed by atoms with Crippen molar-refractivity contribution in [1.29, 1.82) is 0 Å². The summed E-state index contributed by atoms with van der Waals surface area (Å²) in [5.74, 6) is -1.29. The third-order valence-electron chi connectivity index (χ3n) is 2.76. The van der Waals surface area contributed by atoms with Crippen LogP contribution in [0.4, 0.5) is 0 Å². The second-order valence-electron chi connectivity index (χ2n) is 3.69. The van der Waals surface area contributed by atoms with Gasteiger partial charge in [-0.3, -0.25) is 14.5 Å². The largest absolute Gasteiger partial charge is 0.481 e. The zero-order valence-electron chi connectivity index (χ0n) is 8.49. The minimum Gasteiger partial charge on any atom is -0.481 e. The predicted molar refractivity (Wildman–Crippen MR) is 50.8 cm³/mol. The van der Waals surface area contributed by atoms with E-state index in [0.29, 0.717) is 13.1 Å². The van der Waals surface area contributed by atoms with E-state index in [1.54, 1.807) is 6.92 Å². The molecule has 2 atom stereocenters. The fourth-order valence-corrected chi connectivity index (χ4v) is 1.53. The summed E-state index contributed by atoms with van der Waals surface area (Å²) in [4.78, 5) is 23.7. The van der Waals surface area contributed by atoms with Gasteiger partial charge in [-0.25, -0.2) is 0 Å². The highest BCUT2D eigenvalue weighted by molar-refractivity contribution is 5.79. The highest BCUT2D eigenvalue weighted by atomic mass is 16.4. The third-order valence-corrected chi connectivity index (χ3v) is 2.76. The minimum atomic E-state index is -0.816. The van der Waals surface area contributed by atoms with Crippen LogP contribution in [0.5, 0.6) is 0 Å². The normalized spacial score (nSPS) is 22.6. The van der Waals surface area contributed by atoms with E-state index < -0.39 is 11.9 Å². The number of nitrogens with zero attached hydrogens (tertiary/aromatic N) is 1. The molecule has 1 heterocycles. The monoisotopic (exact) mass is 200 g/mol. The van der Waals surface area contributed by atoms with E-state index in [2.05, 4.69) is 5.32 Å². The summed E-state index contributed by atoms with van der Waals surface area (Å²) in [5, 5.41) is 11.5. The number of hydrogen-bond donors (Lipinski definition) is 2. The van der Waals surface area contributed by atoms with Crippen LogP contribution in [-0.4, -0.2) is 47.6 Å². The Kier molecular flexibility index (Phi) is 3.46. The Balaban J connectivity index is 2.54. The molecule has 1 rings (SSSR count). The van der Waals surface area contributed by atoms with Crippen LogP contribution in [0, 0.1) is 5.92 Å². The molecule has 0 aliphatic carbocycles. The van der Waals surface area contributed by atoms with E-state index in [1.807, 2.05) is 11.8 Å². The summed E-state index contributed by atoms with van der Waals surface area (Å²) < 4.78 is 0. The van der Waals surface area contributed by atoms with Crippen molar-refractivity contribution in [3.8, 4) is 0 Å². The smallest absolute Gasteiger partial charge is 0.307 e. The molecule has 0 bridgehead atoms. The van der Waals surface area contributed by atoms with Crippen LogP contribution in [0.25, 0.3) is 0 Å². The number of rotatable bonds is 3. The average molecular weight is 200 g/mol. The molecule has 1 amide bonds. The molecule has 0 aromatic heterocycles. The van der Waals surface area contributed by atoms with Crippen molar-refractivity contribution in [3.05, 3.63) is 0 Å². The number of nitrogens with one attached hydrogen (secondary N) is 1. The van der Waals surface area contributed by atoms with E-state index >= 15 is 0 Å². The zero-order valence-corrected chi connectivity index (χ0v) is 8.49. The van der Waals surface area contributed by atoms with E-state index in [4.69, 9.17) is 5.11 Å². The molecule has 5 nitrogen and oxygen atoms in total. The Morgan fingerprint density at radius 2 is 2.21 bits per heavy atom. The molecular formula is C9H16N2O3. The number of carboxylic acids is 1. The Bertz CT molecular complexity index is 240. The number of carbonyl (C=O) groups is 2. The molecule has 14 heavy (non-hydrogen) atoms. The molecule has 1 aliphatic rings. The second kappa shape index (κ2) is 4.41. The Morgan fingerprint density at radius 1 is 1.57 bits per heavy atom. The van der Waals surface area contributed by atoms with Gasteiger partial charge in [0.1, 0.15) is 0 Å². The van der Waals surface area contributed by atoms with Gasteiger partial charge >= 0.3 is 5.97 Å². The number of carboxylic acid groups (broad SMARTS) is 1. The first-order valence-electron chi connectivity index (χ1n) is 4.76. The van der Waals surface area contributed by atoms with Crippen LogP contribution in [0.2, 0.25) is 0 Å². The molecule has 2 N–H and O–H groups in total. The van der Waals surface area contributed by atoms with Crippen LogP contribution in [0.1, 0.15) is 13.8 Å². The average Bonchev–Trinajstić information content (AvgIpc) is 2.15. The molecule has 0 saturated carbocycles. The molecule has 2 unspecified atom stereocenters. The van der Waals surface area contributed by atoms with Gasteiger partial charge in [0.15, 0.2) is 0 Å². The lowest BCUT2D eigenvalue weighted by atomic mass is 10.0. The summed E-state index contributed by atoms with van der Waals surface area (Å²) in [6, 6.07) is -0.0986. The quantitative estimate of drug-likeness (QED) is 0.646. The van der Waals surface area contributed by atoms with Gasteiger partial charge in [0.25, 0.3) is 0 Å². The lowest BCUT2D eigenvalue weighted by molar-refractivity contribution is -0.144. The molecular weight excluding hydrogens is 184 g/mol. The lowest BCUT2D eigenvalue weighted by Gasteiger charge is -2.33. The van der Waals surface area contributed by atoms with Crippen LogP contribution >= 0.6 is 0 Å². The summed E-state index contributed by atoms with van der Waals surface area (Å²) in [6.07, 6.45) is 0. The van der Waals surface area contributed by atoms with Gasteiger partial charge in [-0.1, -0.05) is 6.92 Å². The van der Waals surface area contributed by atoms with Crippen molar-refractivity contribution >= 4 is 11.9 Å². The summed E-state index contributed by atoms with van der Waals surface area (Å²) >= 11 is 0. The van der Waals surface area contributed by atoms with Crippen molar-refractivity contribution in [3.63, 3.8) is 0 Å². The fourth-order valence-electron chi connectivity index (χ4n) is 1.53. The molecule has 0 spiro atoms. The second-order valence-corrected chi connectivity index (χ2v) is 3.69. The van der Waals surface area contributed by atoms with Gasteiger partial charge in [0, 0.05) is 19.1 Å². The minimum absolute atomic E-state index is 0.0271. The van der Waals surface area contributed by atoms with E-state index in [-0.39, 0.29) is 11.9 Å². The number of piperazine rings is 1.